The summed E-state index contributed by atoms with van der Waals surface area (Å²) in [5.74, 6) is 1.95. The maximum Gasteiger partial charge on any atom is 0.219 e. The lowest BCUT2D eigenvalue weighted by molar-refractivity contribution is -0.131. The average Bonchev–Trinajstić information content (AvgIpc) is 3.10. The highest BCUT2D eigenvalue weighted by molar-refractivity contribution is 5.73. The Balaban J connectivity index is 1.86. The van der Waals surface area contributed by atoms with Crippen molar-refractivity contribution in [3.8, 4) is 0 Å². The molecule has 0 aromatic heterocycles. The van der Waals surface area contributed by atoms with E-state index in [0.29, 0.717) is 6.04 Å². The number of carbonyl (C=O) groups excluding carboxylic acids is 1. The van der Waals surface area contributed by atoms with Gasteiger partial charge in [0.1, 0.15) is 0 Å². The molecule has 17 heavy (non-hydrogen) atoms. The largest absolute Gasteiger partial charge is 0.341 e. The minimum absolute atomic E-state index is 0.244. The van der Waals surface area contributed by atoms with Gasteiger partial charge in [-0.2, -0.15) is 0 Å². The Kier molecular flexibility index (Phi) is 4.43. The number of likely N-dealkylation sites (tertiary alicyclic amines) is 1. The van der Waals surface area contributed by atoms with Gasteiger partial charge in [0, 0.05) is 26.1 Å². The number of rotatable bonds is 5. The molecule has 0 aromatic carbocycles. The van der Waals surface area contributed by atoms with Crippen molar-refractivity contribution in [2.45, 2.75) is 52.0 Å². The first-order valence-corrected chi connectivity index (χ1v) is 7.18. The summed E-state index contributed by atoms with van der Waals surface area (Å²) < 4.78 is 0. The molecule has 2 aliphatic rings. The molecule has 1 aliphatic carbocycles. The topological polar surface area (TPSA) is 32.3 Å². The predicted molar refractivity (Wildman–Crippen MR) is 69.8 cm³/mol. The Bertz CT molecular complexity index is 263. The Morgan fingerprint density at radius 2 is 2.06 bits per heavy atom. The number of hydrogen-bond donors (Lipinski definition) is 1. The van der Waals surface area contributed by atoms with Crippen LogP contribution in [-0.4, -0.2) is 36.5 Å². The molecule has 3 nitrogen and oxygen atoms in total. The molecule has 98 valence electrons. The zero-order chi connectivity index (χ0) is 12.3. The normalized spacial score (nSPS) is 29.4. The van der Waals surface area contributed by atoms with E-state index < -0.39 is 0 Å². The summed E-state index contributed by atoms with van der Waals surface area (Å²) in [6.45, 7) is 6.88. The third kappa shape index (κ3) is 3.98. The molecule has 0 spiro atoms. The molecule has 2 fully saturated rings. The van der Waals surface area contributed by atoms with Crippen molar-refractivity contribution in [1.29, 1.82) is 0 Å². The number of nitrogens with one attached hydrogen (secondary N) is 1. The lowest BCUT2D eigenvalue weighted by atomic mass is 9.89. The van der Waals surface area contributed by atoms with Crippen molar-refractivity contribution in [2.75, 3.05) is 19.6 Å². The number of hydrogen-bond acceptors (Lipinski definition) is 2. The van der Waals surface area contributed by atoms with Gasteiger partial charge in [0.05, 0.1) is 0 Å². The van der Waals surface area contributed by atoms with Crippen LogP contribution in [0.2, 0.25) is 0 Å². The standard InChI is InChI=1S/C14H26N2O/c1-3-6-15-14-8-13(7-12-4-5-12)9-16(10-14)11(2)17/h12-15H,3-10H2,1-2H3. The minimum Gasteiger partial charge on any atom is -0.341 e. The molecule has 1 aliphatic heterocycles. The molecule has 2 rings (SSSR count). The molecule has 2 atom stereocenters. The predicted octanol–water partition coefficient (Wildman–Crippen LogP) is 2.02. The van der Waals surface area contributed by atoms with Gasteiger partial charge in [-0.1, -0.05) is 19.8 Å². The number of carbonyl (C=O) groups is 1. The second-order valence-corrected chi connectivity index (χ2v) is 5.86. The van der Waals surface area contributed by atoms with Gasteiger partial charge in [0.15, 0.2) is 0 Å². The lowest BCUT2D eigenvalue weighted by Gasteiger charge is -2.38. The van der Waals surface area contributed by atoms with Crippen molar-refractivity contribution in [1.82, 2.24) is 10.2 Å². The molecule has 2 unspecified atom stereocenters. The van der Waals surface area contributed by atoms with Crippen molar-refractivity contribution in [3.63, 3.8) is 0 Å². The van der Waals surface area contributed by atoms with E-state index in [1.165, 1.54) is 32.1 Å². The van der Waals surface area contributed by atoms with Crippen LogP contribution in [0.3, 0.4) is 0 Å². The zero-order valence-electron chi connectivity index (χ0n) is 11.2. The van der Waals surface area contributed by atoms with Crippen LogP contribution in [0.5, 0.6) is 0 Å². The third-order valence-corrected chi connectivity index (χ3v) is 4.03. The molecular formula is C14H26N2O. The van der Waals surface area contributed by atoms with Crippen LogP contribution in [0.25, 0.3) is 0 Å². The van der Waals surface area contributed by atoms with E-state index in [2.05, 4.69) is 12.2 Å². The smallest absolute Gasteiger partial charge is 0.219 e. The maximum absolute atomic E-state index is 11.6. The van der Waals surface area contributed by atoms with E-state index in [0.717, 1.165) is 31.5 Å². The molecule has 1 saturated carbocycles. The zero-order valence-corrected chi connectivity index (χ0v) is 11.2. The van der Waals surface area contributed by atoms with E-state index in [9.17, 15) is 4.79 Å². The highest BCUT2D eigenvalue weighted by atomic mass is 16.2. The highest BCUT2D eigenvalue weighted by Crippen LogP contribution is 2.37. The van der Waals surface area contributed by atoms with E-state index in [-0.39, 0.29) is 5.91 Å². The molecule has 1 saturated heterocycles. The van der Waals surface area contributed by atoms with Crippen molar-refractivity contribution in [3.05, 3.63) is 0 Å². The van der Waals surface area contributed by atoms with Crippen LogP contribution in [0.15, 0.2) is 0 Å². The lowest BCUT2D eigenvalue weighted by Crippen LogP contribution is -2.51. The summed E-state index contributed by atoms with van der Waals surface area (Å²) in [6, 6.07) is 0.524. The molecule has 0 radical (unpaired) electrons. The Hall–Kier alpha value is -0.570. The Morgan fingerprint density at radius 3 is 2.65 bits per heavy atom. The second-order valence-electron chi connectivity index (χ2n) is 5.86. The quantitative estimate of drug-likeness (QED) is 0.795. The van der Waals surface area contributed by atoms with Crippen LogP contribution < -0.4 is 5.32 Å². The van der Waals surface area contributed by atoms with Gasteiger partial charge in [0.2, 0.25) is 5.91 Å². The Morgan fingerprint density at radius 1 is 1.29 bits per heavy atom. The molecule has 0 aromatic rings. The van der Waals surface area contributed by atoms with E-state index >= 15 is 0 Å². The van der Waals surface area contributed by atoms with E-state index in [4.69, 9.17) is 0 Å². The monoisotopic (exact) mass is 238 g/mol. The summed E-state index contributed by atoms with van der Waals surface area (Å²) >= 11 is 0. The van der Waals surface area contributed by atoms with E-state index in [1.54, 1.807) is 6.92 Å². The third-order valence-electron chi connectivity index (χ3n) is 4.03. The summed E-state index contributed by atoms with van der Waals surface area (Å²) in [4.78, 5) is 13.6. The highest BCUT2D eigenvalue weighted by Gasteiger charge is 2.32. The first kappa shape index (κ1) is 12.9. The molecule has 1 amide bonds. The molecular weight excluding hydrogens is 212 g/mol. The number of amides is 1. The minimum atomic E-state index is 0.244. The van der Waals surface area contributed by atoms with Gasteiger partial charge in [-0.3, -0.25) is 4.79 Å². The Labute approximate surface area is 105 Å². The fraction of sp³-hybridized carbons (Fsp3) is 0.929. The summed E-state index contributed by atoms with van der Waals surface area (Å²) in [5, 5.41) is 3.59. The number of piperidine rings is 1. The van der Waals surface area contributed by atoms with Crippen LogP contribution in [0, 0.1) is 11.8 Å². The molecule has 3 heteroatoms. The first-order valence-electron chi connectivity index (χ1n) is 7.18. The fourth-order valence-corrected chi connectivity index (χ4v) is 2.95. The molecule has 1 N–H and O–H groups in total. The van der Waals surface area contributed by atoms with E-state index in [1.807, 2.05) is 4.90 Å². The number of nitrogens with zero attached hydrogens (tertiary/aromatic N) is 1. The van der Waals surface area contributed by atoms with Crippen molar-refractivity contribution < 1.29 is 4.79 Å². The summed E-state index contributed by atoms with van der Waals surface area (Å²) in [6.07, 6.45) is 6.62. The fourth-order valence-electron chi connectivity index (χ4n) is 2.95. The van der Waals surface area contributed by atoms with Gasteiger partial charge in [-0.05, 0) is 37.6 Å². The van der Waals surface area contributed by atoms with Crippen molar-refractivity contribution >= 4 is 5.91 Å². The summed E-state index contributed by atoms with van der Waals surface area (Å²) in [5.41, 5.74) is 0. The van der Waals surface area contributed by atoms with Crippen molar-refractivity contribution in [2.24, 2.45) is 11.8 Å². The van der Waals surface area contributed by atoms with Gasteiger partial charge < -0.3 is 10.2 Å². The van der Waals surface area contributed by atoms with Gasteiger partial charge >= 0.3 is 0 Å². The average molecular weight is 238 g/mol. The SMILES string of the molecule is CCCNC1CC(CC2CC2)CN(C(C)=O)C1. The molecule has 0 bridgehead atoms. The molecule has 1 heterocycles. The first-order chi connectivity index (χ1) is 8.19. The van der Waals surface area contributed by atoms with Gasteiger partial charge in [-0.15, -0.1) is 0 Å². The van der Waals surface area contributed by atoms with Crippen LogP contribution in [-0.2, 0) is 4.79 Å². The van der Waals surface area contributed by atoms with Gasteiger partial charge in [0.25, 0.3) is 0 Å². The van der Waals surface area contributed by atoms with Gasteiger partial charge in [-0.25, -0.2) is 0 Å². The van der Waals surface area contributed by atoms with Crippen LogP contribution in [0.1, 0.15) is 46.0 Å². The second kappa shape index (κ2) is 5.85. The van der Waals surface area contributed by atoms with Crippen LogP contribution in [0.4, 0.5) is 0 Å². The van der Waals surface area contributed by atoms with Crippen LogP contribution >= 0.6 is 0 Å². The summed E-state index contributed by atoms with van der Waals surface area (Å²) in [7, 11) is 0. The maximum atomic E-state index is 11.6.